The summed E-state index contributed by atoms with van der Waals surface area (Å²) in [5.74, 6) is 0.679. The van der Waals surface area contributed by atoms with Crippen LogP contribution in [0.25, 0.3) is 0 Å². The van der Waals surface area contributed by atoms with Crippen LogP contribution < -0.4 is 15.0 Å². The molecule has 0 aliphatic carbocycles. The number of nitrogens with one attached hydrogen (secondary N) is 1. The van der Waals surface area contributed by atoms with Crippen LogP contribution in [0.1, 0.15) is 30.4 Å². The molecule has 41 heavy (non-hydrogen) atoms. The Morgan fingerprint density at radius 3 is 2.24 bits per heavy atom. The molecule has 3 aromatic rings. The Hall–Kier alpha value is -4.33. The number of nitrogens with zero attached hydrogens (tertiary/aromatic N) is 3. The highest BCUT2D eigenvalue weighted by Gasteiger charge is 2.54. The van der Waals surface area contributed by atoms with Crippen LogP contribution in [0.2, 0.25) is 0 Å². The van der Waals surface area contributed by atoms with Crippen LogP contribution in [0, 0.1) is 0 Å². The van der Waals surface area contributed by atoms with Gasteiger partial charge in [-0.3, -0.25) is 14.4 Å². The summed E-state index contributed by atoms with van der Waals surface area (Å²) in [6.45, 7) is 1.82. The predicted molar refractivity (Wildman–Crippen MR) is 159 cm³/mol. The summed E-state index contributed by atoms with van der Waals surface area (Å²) in [5, 5.41) is 2.97. The molecule has 0 saturated carbocycles. The van der Waals surface area contributed by atoms with Gasteiger partial charge in [-0.1, -0.05) is 66.7 Å². The first-order chi connectivity index (χ1) is 20.0. The number of benzene rings is 3. The minimum absolute atomic E-state index is 0.00440. The van der Waals surface area contributed by atoms with Crippen LogP contribution in [-0.4, -0.2) is 73.0 Å². The molecule has 0 aromatic heterocycles. The lowest BCUT2D eigenvalue weighted by molar-refractivity contribution is -0.140. The fourth-order valence-corrected chi connectivity index (χ4v) is 5.98. The molecule has 2 saturated heterocycles. The minimum atomic E-state index is -0.769. The normalized spacial score (nSPS) is 16.2. The van der Waals surface area contributed by atoms with E-state index >= 15 is 0 Å². The van der Waals surface area contributed by atoms with Crippen LogP contribution in [0.3, 0.4) is 0 Å². The highest BCUT2D eigenvalue weighted by Crippen LogP contribution is 2.39. The standard InChI is InChI=1S/C33H38N4O4/c1-41-29-15-9-8-12-27(29)18-21-34-30(38)24-36-25-37(28-13-6-3-7-14-28)33(32(36)40)19-22-35(23-20-33)31(39)17-16-26-10-4-2-5-11-26/h2-15H,16-25H2,1H3,(H,34,38). The van der Waals surface area contributed by atoms with E-state index < -0.39 is 5.54 Å². The largest absolute Gasteiger partial charge is 0.496 e. The van der Waals surface area contributed by atoms with Crippen molar-refractivity contribution in [3.8, 4) is 5.75 Å². The number of hydrogen-bond acceptors (Lipinski definition) is 5. The number of carbonyl (C=O) groups excluding carboxylic acids is 3. The van der Waals surface area contributed by atoms with Crippen molar-refractivity contribution in [1.82, 2.24) is 15.1 Å². The lowest BCUT2D eigenvalue weighted by Crippen LogP contribution is -2.57. The quantitative estimate of drug-likeness (QED) is 0.414. The molecule has 1 spiro atoms. The molecule has 1 N–H and O–H groups in total. The lowest BCUT2D eigenvalue weighted by Gasteiger charge is -2.43. The van der Waals surface area contributed by atoms with Gasteiger partial charge in [0.05, 0.1) is 13.8 Å². The minimum Gasteiger partial charge on any atom is -0.496 e. The van der Waals surface area contributed by atoms with E-state index in [0.29, 0.717) is 58.4 Å². The number of likely N-dealkylation sites (tertiary alicyclic amines) is 1. The number of rotatable bonds is 10. The molecule has 0 bridgehead atoms. The van der Waals surface area contributed by atoms with Crippen molar-refractivity contribution in [1.29, 1.82) is 0 Å². The van der Waals surface area contributed by atoms with E-state index in [9.17, 15) is 14.4 Å². The number of anilines is 1. The summed E-state index contributed by atoms with van der Waals surface area (Å²) in [6, 6.07) is 27.7. The average Bonchev–Trinajstić information content (AvgIpc) is 3.27. The van der Waals surface area contributed by atoms with Crippen molar-refractivity contribution in [2.45, 2.75) is 37.6 Å². The molecule has 0 atom stereocenters. The maximum Gasteiger partial charge on any atom is 0.250 e. The SMILES string of the molecule is COc1ccccc1CCNC(=O)CN1CN(c2ccccc2)C2(CCN(C(=O)CCc3ccccc3)CC2)C1=O. The number of hydrogen-bond donors (Lipinski definition) is 1. The number of para-hydroxylation sites is 2. The van der Waals surface area contributed by atoms with E-state index in [1.165, 1.54) is 0 Å². The van der Waals surface area contributed by atoms with Crippen molar-refractivity contribution in [2.24, 2.45) is 0 Å². The van der Waals surface area contributed by atoms with Gasteiger partial charge >= 0.3 is 0 Å². The van der Waals surface area contributed by atoms with E-state index in [1.807, 2.05) is 89.8 Å². The molecule has 8 heteroatoms. The number of amides is 3. The number of methoxy groups -OCH3 is 1. The van der Waals surface area contributed by atoms with Gasteiger partial charge in [0, 0.05) is 31.7 Å². The van der Waals surface area contributed by atoms with E-state index in [-0.39, 0.29) is 24.3 Å². The maximum atomic E-state index is 14.0. The van der Waals surface area contributed by atoms with E-state index in [2.05, 4.69) is 10.2 Å². The van der Waals surface area contributed by atoms with Gasteiger partial charge in [0.1, 0.15) is 17.8 Å². The van der Waals surface area contributed by atoms with Gasteiger partial charge in [0.15, 0.2) is 0 Å². The highest BCUT2D eigenvalue weighted by molar-refractivity contribution is 5.96. The second-order valence-corrected chi connectivity index (χ2v) is 10.7. The summed E-state index contributed by atoms with van der Waals surface area (Å²) in [7, 11) is 1.63. The highest BCUT2D eigenvalue weighted by atomic mass is 16.5. The Morgan fingerprint density at radius 2 is 1.54 bits per heavy atom. The van der Waals surface area contributed by atoms with Gasteiger partial charge in [0.2, 0.25) is 11.8 Å². The Morgan fingerprint density at radius 1 is 0.878 bits per heavy atom. The molecule has 2 fully saturated rings. The van der Waals surface area contributed by atoms with Crippen molar-refractivity contribution in [2.75, 3.05) is 44.9 Å². The monoisotopic (exact) mass is 554 g/mol. The molecule has 5 rings (SSSR count). The average molecular weight is 555 g/mol. The summed E-state index contributed by atoms with van der Waals surface area (Å²) in [6.07, 6.45) is 2.86. The molecule has 2 heterocycles. The second kappa shape index (κ2) is 12.9. The number of carbonyl (C=O) groups is 3. The van der Waals surface area contributed by atoms with Crippen LogP contribution in [0.4, 0.5) is 5.69 Å². The van der Waals surface area contributed by atoms with Crippen molar-refractivity contribution < 1.29 is 19.1 Å². The second-order valence-electron chi connectivity index (χ2n) is 10.7. The summed E-state index contributed by atoms with van der Waals surface area (Å²) >= 11 is 0. The topological polar surface area (TPSA) is 82.2 Å². The van der Waals surface area contributed by atoms with Gasteiger partial charge in [-0.15, -0.1) is 0 Å². The molecular formula is C33H38N4O4. The zero-order chi connectivity index (χ0) is 28.7. The number of aryl methyl sites for hydroxylation is 1. The molecular weight excluding hydrogens is 516 g/mol. The Kier molecular flexibility index (Phi) is 8.87. The van der Waals surface area contributed by atoms with Gasteiger partial charge < -0.3 is 24.8 Å². The Bertz CT molecular complexity index is 1340. The first-order valence-electron chi connectivity index (χ1n) is 14.3. The summed E-state index contributed by atoms with van der Waals surface area (Å²) < 4.78 is 5.40. The van der Waals surface area contributed by atoms with Gasteiger partial charge in [0.25, 0.3) is 5.91 Å². The Balaban J connectivity index is 1.21. The number of piperidine rings is 1. The van der Waals surface area contributed by atoms with Crippen LogP contribution >= 0.6 is 0 Å². The Labute approximate surface area is 241 Å². The molecule has 0 radical (unpaired) electrons. The van der Waals surface area contributed by atoms with Crippen molar-refractivity contribution >= 4 is 23.4 Å². The third kappa shape index (κ3) is 6.37. The third-order valence-corrected chi connectivity index (χ3v) is 8.24. The van der Waals surface area contributed by atoms with Gasteiger partial charge in [-0.2, -0.15) is 0 Å². The molecule has 8 nitrogen and oxygen atoms in total. The summed E-state index contributed by atoms with van der Waals surface area (Å²) in [4.78, 5) is 45.6. The van der Waals surface area contributed by atoms with Crippen LogP contribution in [-0.2, 0) is 27.2 Å². The number of ether oxygens (including phenoxy) is 1. The first kappa shape index (κ1) is 28.2. The molecule has 3 aromatic carbocycles. The zero-order valence-corrected chi connectivity index (χ0v) is 23.6. The van der Waals surface area contributed by atoms with Gasteiger partial charge in [-0.05, 0) is 55.0 Å². The molecule has 214 valence electrons. The maximum absolute atomic E-state index is 14.0. The summed E-state index contributed by atoms with van der Waals surface area (Å²) in [5.41, 5.74) is 2.35. The van der Waals surface area contributed by atoms with Crippen molar-refractivity contribution in [3.63, 3.8) is 0 Å². The lowest BCUT2D eigenvalue weighted by atomic mass is 9.85. The van der Waals surface area contributed by atoms with Crippen LogP contribution in [0.5, 0.6) is 5.75 Å². The molecule has 2 aliphatic heterocycles. The smallest absolute Gasteiger partial charge is 0.250 e. The van der Waals surface area contributed by atoms with Crippen LogP contribution in [0.15, 0.2) is 84.9 Å². The van der Waals surface area contributed by atoms with E-state index in [1.54, 1.807) is 12.0 Å². The van der Waals surface area contributed by atoms with Gasteiger partial charge in [-0.25, -0.2) is 0 Å². The molecule has 3 amide bonds. The molecule has 0 unspecified atom stereocenters. The van der Waals surface area contributed by atoms with Crippen molar-refractivity contribution in [3.05, 3.63) is 96.1 Å². The third-order valence-electron chi connectivity index (χ3n) is 8.24. The zero-order valence-electron chi connectivity index (χ0n) is 23.6. The fourth-order valence-electron chi connectivity index (χ4n) is 5.98. The fraction of sp³-hybridized carbons (Fsp3) is 0.364. The van der Waals surface area contributed by atoms with E-state index in [0.717, 1.165) is 22.6 Å². The predicted octanol–water partition coefficient (Wildman–Crippen LogP) is 3.65. The molecule has 2 aliphatic rings. The van der Waals surface area contributed by atoms with E-state index in [4.69, 9.17) is 4.74 Å². The first-order valence-corrected chi connectivity index (χ1v) is 14.3.